The molecule has 3 rings (SSSR count). The van der Waals surface area contributed by atoms with Crippen molar-refractivity contribution < 1.29 is 28.5 Å². The molecule has 36 heavy (non-hydrogen) atoms. The zero-order valence-electron chi connectivity index (χ0n) is 19.5. The zero-order chi connectivity index (χ0) is 26.4. The molecule has 3 aromatic rings. The summed E-state index contributed by atoms with van der Waals surface area (Å²) in [6, 6.07) is 10.4. The van der Waals surface area contributed by atoms with E-state index >= 15 is 0 Å². The van der Waals surface area contributed by atoms with Crippen LogP contribution in [0.4, 0.5) is 15.9 Å². The SMILES string of the molecule is COc1ccc(NC(=O)c2cc(OC(C)c3c(Cl)ccc(F)c3Cl)c(N(BC=O)B(C)O)nn2)cc1. The van der Waals surface area contributed by atoms with Gasteiger partial charge in [-0.05, 0) is 50.1 Å². The topological polar surface area (TPSA) is 114 Å². The highest BCUT2D eigenvalue weighted by molar-refractivity contribution is 6.82. The second-order valence-electron chi connectivity index (χ2n) is 7.57. The summed E-state index contributed by atoms with van der Waals surface area (Å²) in [6.45, 7) is 2.99. The maximum Gasteiger partial charge on any atom is 0.397 e. The smallest absolute Gasteiger partial charge is 0.397 e. The van der Waals surface area contributed by atoms with Gasteiger partial charge in [0.1, 0.15) is 23.9 Å². The average Bonchev–Trinajstić information content (AvgIpc) is 2.85. The van der Waals surface area contributed by atoms with Crippen LogP contribution in [0.5, 0.6) is 11.5 Å². The minimum atomic E-state index is -1.15. The number of aromatic nitrogens is 2. The first-order valence-corrected chi connectivity index (χ1v) is 11.4. The van der Waals surface area contributed by atoms with Crippen molar-refractivity contribution in [3.63, 3.8) is 0 Å². The van der Waals surface area contributed by atoms with Crippen molar-refractivity contribution in [3.8, 4) is 11.5 Å². The lowest BCUT2D eigenvalue weighted by Crippen LogP contribution is -2.42. The summed E-state index contributed by atoms with van der Waals surface area (Å²) in [6.07, 6.45) is -0.347. The van der Waals surface area contributed by atoms with Gasteiger partial charge in [-0.1, -0.05) is 23.2 Å². The van der Waals surface area contributed by atoms with Crippen LogP contribution in [0.15, 0.2) is 42.5 Å². The Hall–Kier alpha value is -3.34. The van der Waals surface area contributed by atoms with E-state index in [1.54, 1.807) is 31.2 Å². The zero-order valence-corrected chi connectivity index (χ0v) is 21.0. The number of anilines is 2. The van der Waals surface area contributed by atoms with Crippen molar-refractivity contribution >= 4 is 61.3 Å². The van der Waals surface area contributed by atoms with Gasteiger partial charge in [0.15, 0.2) is 17.3 Å². The summed E-state index contributed by atoms with van der Waals surface area (Å²) in [5, 5.41) is 20.8. The third-order valence-corrected chi connectivity index (χ3v) is 5.82. The number of carbonyl (C=O) groups is 2. The van der Waals surface area contributed by atoms with Crippen LogP contribution in [0.1, 0.15) is 29.1 Å². The summed E-state index contributed by atoms with van der Waals surface area (Å²) in [7, 11) is 0.136. The molecule has 0 saturated carbocycles. The normalized spacial score (nSPS) is 11.3. The molecule has 1 unspecified atom stereocenters. The predicted molar refractivity (Wildman–Crippen MR) is 139 cm³/mol. The summed E-state index contributed by atoms with van der Waals surface area (Å²) in [5.74, 6) is -0.710. The molecule has 0 aliphatic rings. The molecule has 0 saturated heterocycles. The van der Waals surface area contributed by atoms with Crippen LogP contribution in [0, 0.1) is 5.82 Å². The monoisotopic (exact) mass is 532 g/mol. The van der Waals surface area contributed by atoms with E-state index in [2.05, 4.69) is 15.5 Å². The quantitative estimate of drug-likeness (QED) is 0.230. The highest BCUT2D eigenvalue weighted by Crippen LogP contribution is 2.37. The van der Waals surface area contributed by atoms with Gasteiger partial charge in [-0.2, -0.15) is 0 Å². The van der Waals surface area contributed by atoms with Crippen molar-refractivity contribution in [2.45, 2.75) is 19.9 Å². The average molecular weight is 533 g/mol. The Morgan fingerprint density at radius 2 is 1.94 bits per heavy atom. The Bertz CT molecular complexity index is 1250. The lowest BCUT2D eigenvalue weighted by Gasteiger charge is -2.26. The van der Waals surface area contributed by atoms with E-state index in [1.165, 1.54) is 30.8 Å². The molecule has 2 aromatic carbocycles. The summed E-state index contributed by atoms with van der Waals surface area (Å²) >= 11 is 12.3. The predicted octanol–water partition coefficient (Wildman–Crippen LogP) is 3.78. The molecule has 9 nitrogen and oxygen atoms in total. The van der Waals surface area contributed by atoms with Gasteiger partial charge < -0.3 is 29.3 Å². The first kappa shape index (κ1) is 27.3. The van der Waals surface area contributed by atoms with Crippen molar-refractivity contribution in [1.29, 1.82) is 0 Å². The van der Waals surface area contributed by atoms with Crippen molar-refractivity contribution in [2.24, 2.45) is 0 Å². The molecule has 0 spiro atoms. The van der Waals surface area contributed by atoms with E-state index in [-0.39, 0.29) is 40.3 Å². The maximum atomic E-state index is 14.1. The van der Waals surface area contributed by atoms with E-state index in [1.807, 2.05) is 0 Å². The number of ether oxygens (including phenoxy) is 2. The van der Waals surface area contributed by atoms with Gasteiger partial charge in [0.2, 0.25) is 0 Å². The fourth-order valence-electron chi connectivity index (χ4n) is 3.30. The van der Waals surface area contributed by atoms with Gasteiger partial charge in [0.05, 0.1) is 12.1 Å². The molecule has 0 aliphatic carbocycles. The van der Waals surface area contributed by atoms with Crippen LogP contribution in [0.3, 0.4) is 0 Å². The fourth-order valence-corrected chi connectivity index (χ4v) is 3.97. The van der Waals surface area contributed by atoms with Crippen LogP contribution < -0.4 is 19.5 Å². The molecule has 0 aliphatic heterocycles. The molecule has 186 valence electrons. The second-order valence-corrected chi connectivity index (χ2v) is 8.35. The van der Waals surface area contributed by atoms with Gasteiger partial charge in [-0.3, -0.25) is 4.79 Å². The molecule has 1 atom stereocenters. The van der Waals surface area contributed by atoms with Crippen LogP contribution in [-0.2, 0) is 4.79 Å². The minimum Gasteiger partial charge on any atom is -0.497 e. The third kappa shape index (κ3) is 6.26. The van der Waals surface area contributed by atoms with Crippen molar-refractivity contribution in [3.05, 3.63) is 69.6 Å². The van der Waals surface area contributed by atoms with Gasteiger partial charge in [-0.25, -0.2) is 4.39 Å². The molecular formula is C22H21B2Cl2FN4O5. The Morgan fingerprint density at radius 3 is 2.56 bits per heavy atom. The lowest BCUT2D eigenvalue weighted by molar-refractivity contribution is 0.102. The number of hydrogen-bond donors (Lipinski definition) is 2. The van der Waals surface area contributed by atoms with Crippen LogP contribution in [0.25, 0.3) is 0 Å². The molecule has 14 heteroatoms. The number of carbonyl (C=O) groups excluding carboxylic acids is 2. The Kier molecular flexibility index (Phi) is 9.14. The van der Waals surface area contributed by atoms with Gasteiger partial charge in [-0.15, -0.1) is 10.2 Å². The highest BCUT2D eigenvalue weighted by Gasteiger charge is 2.27. The number of methoxy groups -OCH3 is 1. The fraction of sp³-hybridized carbons (Fsp3) is 0.182. The molecule has 2 N–H and O–H groups in total. The number of amides is 1. The summed E-state index contributed by atoms with van der Waals surface area (Å²) in [5.41, 5.74) is 0.529. The molecular weight excluding hydrogens is 512 g/mol. The molecule has 1 heterocycles. The van der Waals surface area contributed by atoms with Crippen LogP contribution in [-0.4, -0.2) is 48.9 Å². The summed E-state index contributed by atoms with van der Waals surface area (Å²) < 4.78 is 26.4. The van der Waals surface area contributed by atoms with Crippen LogP contribution >= 0.6 is 23.2 Å². The number of benzene rings is 2. The Labute approximate surface area is 217 Å². The lowest BCUT2D eigenvalue weighted by atomic mass is 9.73. The third-order valence-electron chi connectivity index (χ3n) is 5.11. The molecule has 1 aromatic heterocycles. The standard InChI is InChI=1S/C22H21B2Cl2FN4O5/c1-12(19-15(25)8-9-16(27)20(19)26)36-18-10-17(29-30-21(18)31(23-11-32)24(2)34)22(33)28-13-4-6-14(35-3)7-5-13/h4-12,23,34H,1-3H3,(H,28,33). The van der Waals surface area contributed by atoms with Crippen LogP contribution in [0.2, 0.25) is 16.9 Å². The maximum absolute atomic E-state index is 14.1. The van der Waals surface area contributed by atoms with Crippen molar-refractivity contribution in [1.82, 2.24) is 10.2 Å². The van der Waals surface area contributed by atoms with Gasteiger partial charge >= 0.3 is 14.5 Å². The van der Waals surface area contributed by atoms with Gasteiger partial charge in [0.25, 0.3) is 5.91 Å². The number of nitrogens with one attached hydrogen (secondary N) is 1. The van der Waals surface area contributed by atoms with E-state index in [4.69, 9.17) is 32.7 Å². The van der Waals surface area contributed by atoms with E-state index in [0.717, 1.165) is 6.07 Å². The van der Waals surface area contributed by atoms with E-state index < -0.39 is 24.9 Å². The highest BCUT2D eigenvalue weighted by atomic mass is 35.5. The van der Waals surface area contributed by atoms with E-state index in [9.17, 15) is 19.0 Å². The number of nitrogens with zero attached hydrogens (tertiary/aromatic N) is 3. The number of halogens is 3. The molecule has 0 fully saturated rings. The second kappa shape index (κ2) is 12.1. The van der Waals surface area contributed by atoms with Gasteiger partial charge in [0, 0.05) is 22.3 Å². The van der Waals surface area contributed by atoms with E-state index in [0.29, 0.717) is 17.6 Å². The number of rotatable bonds is 10. The molecule has 0 bridgehead atoms. The number of hydrogen-bond acceptors (Lipinski definition) is 8. The molecule has 0 radical (unpaired) electrons. The molecule has 1 amide bonds. The Morgan fingerprint density at radius 1 is 1.25 bits per heavy atom. The minimum absolute atomic E-state index is 0.0171. The van der Waals surface area contributed by atoms with Crippen molar-refractivity contribution in [2.75, 3.05) is 17.1 Å². The summed E-state index contributed by atoms with van der Waals surface area (Å²) in [4.78, 5) is 24.1. The Balaban J connectivity index is 1.99. The largest absolute Gasteiger partial charge is 0.497 e. The first-order chi connectivity index (χ1) is 17.2. The first-order valence-electron chi connectivity index (χ1n) is 10.7.